The van der Waals surface area contributed by atoms with Crippen molar-refractivity contribution in [3.8, 4) is 11.1 Å². The lowest BCUT2D eigenvalue weighted by Gasteiger charge is -2.10. The van der Waals surface area contributed by atoms with E-state index in [4.69, 9.17) is 23.2 Å². The molecule has 0 aliphatic heterocycles. The molecule has 0 radical (unpaired) electrons. The second kappa shape index (κ2) is 9.30. The number of benzene rings is 3. The first-order chi connectivity index (χ1) is 15.4. The average molecular weight is 468 g/mol. The topological polar surface area (TPSA) is 98.9 Å². The maximum atomic E-state index is 12.4. The zero-order valence-electron chi connectivity index (χ0n) is 17.0. The fraction of sp³-hybridized carbons (Fsp3) is 0.0870. The summed E-state index contributed by atoms with van der Waals surface area (Å²) < 4.78 is 0. The van der Waals surface area contributed by atoms with Gasteiger partial charge in [0, 0.05) is 23.3 Å². The number of nitrogens with zero attached hydrogens (tertiary/aromatic N) is 1. The van der Waals surface area contributed by atoms with Gasteiger partial charge in [0.1, 0.15) is 0 Å². The number of H-pyrrole nitrogens is 1. The number of fused-ring (bicyclic) bond motifs is 1. The molecule has 0 bridgehead atoms. The lowest BCUT2D eigenvalue weighted by atomic mass is 10.0. The standard InChI is InChI=1S/C23H19Cl2N5O2/c1-2-26-22(31)21-17-8-6-14(11-20(17)29-30-21)13-4-3-5-15(10-13)27-23(32)28-16-7-9-18(24)19(25)12-16/h3-12H,2H2,1H3,(H,26,31)(H,29,30)(H2,27,28,32). The molecule has 4 aromatic rings. The van der Waals surface area contributed by atoms with Crippen molar-refractivity contribution in [1.29, 1.82) is 0 Å². The SMILES string of the molecule is CCNC(=O)c1n[nH]c2cc(-c3cccc(NC(=O)Nc4ccc(Cl)c(Cl)c4)c3)ccc12. The Bertz CT molecular complexity index is 1320. The highest BCUT2D eigenvalue weighted by Gasteiger charge is 2.14. The van der Waals surface area contributed by atoms with E-state index in [0.717, 1.165) is 22.0 Å². The van der Waals surface area contributed by atoms with E-state index >= 15 is 0 Å². The largest absolute Gasteiger partial charge is 0.351 e. The molecular weight excluding hydrogens is 449 g/mol. The quantitative estimate of drug-likeness (QED) is 0.292. The number of amides is 3. The van der Waals surface area contributed by atoms with Gasteiger partial charge in [-0.3, -0.25) is 9.89 Å². The van der Waals surface area contributed by atoms with Crippen molar-refractivity contribution >= 4 is 57.4 Å². The van der Waals surface area contributed by atoms with E-state index in [2.05, 4.69) is 26.1 Å². The number of hydrogen-bond donors (Lipinski definition) is 4. The van der Waals surface area contributed by atoms with Crippen molar-refractivity contribution in [2.24, 2.45) is 0 Å². The summed E-state index contributed by atoms with van der Waals surface area (Å²) in [6.07, 6.45) is 0. The Hall–Kier alpha value is -3.55. The highest BCUT2D eigenvalue weighted by Crippen LogP contribution is 2.28. The monoisotopic (exact) mass is 467 g/mol. The maximum Gasteiger partial charge on any atom is 0.323 e. The van der Waals surface area contributed by atoms with Crippen LogP contribution in [0, 0.1) is 0 Å². The Labute approximate surface area is 194 Å². The van der Waals surface area contributed by atoms with Crippen molar-refractivity contribution in [2.45, 2.75) is 6.92 Å². The summed E-state index contributed by atoms with van der Waals surface area (Å²) in [6, 6.07) is 17.6. The summed E-state index contributed by atoms with van der Waals surface area (Å²) >= 11 is 11.9. The molecule has 0 spiro atoms. The van der Waals surface area contributed by atoms with E-state index in [-0.39, 0.29) is 5.91 Å². The van der Waals surface area contributed by atoms with Gasteiger partial charge in [0.25, 0.3) is 5.91 Å². The van der Waals surface area contributed by atoms with Crippen LogP contribution in [0.15, 0.2) is 60.7 Å². The minimum absolute atomic E-state index is 0.217. The minimum atomic E-state index is -0.406. The van der Waals surface area contributed by atoms with Crippen LogP contribution >= 0.6 is 23.2 Å². The zero-order chi connectivity index (χ0) is 22.7. The van der Waals surface area contributed by atoms with E-state index in [1.165, 1.54) is 0 Å². The molecular formula is C23H19Cl2N5O2. The smallest absolute Gasteiger partial charge is 0.323 e. The highest BCUT2D eigenvalue weighted by atomic mass is 35.5. The van der Waals surface area contributed by atoms with Crippen LogP contribution in [0.2, 0.25) is 10.0 Å². The van der Waals surface area contributed by atoms with Crippen molar-refractivity contribution < 1.29 is 9.59 Å². The fourth-order valence-electron chi connectivity index (χ4n) is 3.26. The molecule has 7 nitrogen and oxygen atoms in total. The second-order valence-electron chi connectivity index (χ2n) is 6.98. The molecule has 3 aromatic carbocycles. The predicted molar refractivity (Wildman–Crippen MR) is 129 cm³/mol. The molecule has 32 heavy (non-hydrogen) atoms. The van der Waals surface area contributed by atoms with Gasteiger partial charge in [0.2, 0.25) is 0 Å². The molecule has 0 unspecified atom stereocenters. The number of aromatic nitrogens is 2. The van der Waals surface area contributed by atoms with Crippen LogP contribution in [0.5, 0.6) is 0 Å². The molecule has 0 atom stereocenters. The summed E-state index contributed by atoms with van der Waals surface area (Å²) in [6.45, 7) is 2.39. The molecule has 1 heterocycles. The molecule has 4 N–H and O–H groups in total. The third kappa shape index (κ3) is 4.69. The van der Waals surface area contributed by atoms with E-state index in [9.17, 15) is 9.59 Å². The summed E-state index contributed by atoms with van der Waals surface area (Å²) in [5, 5.41) is 16.8. The molecule has 3 amide bonds. The molecule has 0 saturated carbocycles. The van der Waals surface area contributed by atoms with Crippen molar-refractivity contribution in [3.63, 3.8) is 0 Å². The van der Waals surface area contributed by atoms with Crippen molar-refractivity contribution in [3.05, 3.63) is 76.4 Å². The zero-order valence-corrected chi connectivity index (χ0v) is 18.5. The van der Waals surface area contributed by atoms with Crippen LogP contribution < -0.4 is 16.0 Å². The van der Waals surface area contributed by atoms with Crippen LogP contribution in [0.1, 0.15) is 17.4 Å². The summed E-state index contributed by atoms with van der Waals surface area (Å²) in [7, 11) is 0. The predicted octanol–water partition coefficient (Wildman–Crippen LogP) is 5.93. The van der Waals surface area contributed by atoms with Crippen LogP contribution in [-0.2, 0) is 0 Å². The van der Waals surface area contributed by atoms with E-state index in [0.29, 0.717) is 33.7 Å². The number of carbonyl (C=O) groups is 2. The van der Waals surface area contributed by atoms with E-state index in [1.807, 2.05) is 43.3 Å². The number of urea groups is 1. The fourth-order valence-corrected chi connectivity index (χ4v) is 3.56. The van der Waals surface area contributed by atoms with E-state index in [1.54, 1.807) is 24.3 Å². The maximum absolute atomic E-state index is 12.4. The Balaban J connectivity index is 1.52. The lowest BCUT2D eigenvalue weighted by Crippen LogP contribution is -2.23. The van der Waals surface area contributed by atoms with Crippen LogP contribution in [0.3, 0.4) is 0 Å². The molecule has 0 fully saturated rings. The lowest BCUT2D eigenvalue weighted by molar-refractivity contribution is 0.0952. The van der Waals surface area contributed by atoms with Gasteiger partial charge in [0.15, 0.2) is 5.69 Å². The molecule has 4 rings (SSSR count). The Kier molecular flexibility index (Phi) is 6.30. The first-order valence-electron chi connectivity index (χ1n) is 9.84. The van der Waals surface area contributed by atoms with Gasteiger partial charge in [0.05, 0.1) is 15.6 Å². The van der Waals surface area contributed by atoms with Gasteiger partial charge in [-0.25, -0.2) is 4.79 Å². The Morgan fingerprint density at radius 2 is 1.66 bits per heavy atom. The van der Waals surface area contributed by atoms with Gasteiger partial charge >= 0.3 is 6.03 Å². The number of aromatic amines is 1. The van der Waals surface area contributed by atoms with Crippen molar-refractivity contribution in [1.82, 2.24) is 15.5 Å². The molecule has 0 saturated heterocycles. The summed E-state index contributed by atoms with van der Waals surface area (Å²) in [4.78, 5) is 24.5. The van der Waals surface area contributed by atoms with Gasteiger partial charge in [-0.1, -0.05) is 41.4 Å². The number of anilines is 2. The molecule has 9 heteroatoms. The number of carbonyl (C=O) groups excluding carboxylic acids is 2. The van der Waals surface area contributed by atoms with Crippen LogP contribution in [-0.4, -0.2) is 28.7 Å². The third-order valence-electron chi connectivity index (χ3n) is 4.75. The molecule has 162 valence electrons. The summed E-state index contributed by atoms with van der Waals surface area (Å²) in [5.74, 6) is -0.217. The second-order valence-corrected chi connectivity index (χ2v) is 7.80. The number of rotatable bonds is 5. The summed E-state index contributed by atoms with van der Waals surface area (Å²) in [5.41, 5.74) is 4.07. The average Bonchev–Trinajstić information content (AvgIpc) is 3.20. The Morgan fingerprint density at radius 3 is 2.41 bits per heavy atom. The number of nitrogens with one attached hydrogen (secondary N) is 4. The minimum Gasteiger partial charge on any atom is -0.351 e. The molecule has 0 aliphatic carbocycles. The number of hydrogen-bond acceptors (Lipinski definition) is 3. The van der Waals surface area contributed by atoms with Crippen molar-refractivity contribution in [2.75, 3.05) is 17.2 Å². The molecule has 0 aliphatic rings. The van der Waals surface area contributed by atoms with Crippen LogP contribution in [0.25, 0.3) is 22.0 Å². The first kappa shape index (κ1) is 21.7. The number of halogens is 2. The van der Waals surface area contributed by atoms with Gasteiger partial charge in [-0.05, 0) is 60.5 Å². The third-order valence-corrected chi connectivity index (χ3v) is 5.49. The van der Waals surface area contributed by atoms with Gasteiger partial charge < -0.3 is 16.0 Å². The Morgan fingerprint density at radius 1 is 0.906 bits per heavy atom. The highest BCUT2D eigenvalue weighted by molar-refractivity contribution is 6.42. The normalized spacial score (nSPS) is 10.7. The first-order valence-corrected chi connectivity index (χ1v) is 10.6. The molecule has 1 aromatic heterocycles. The van der Waals surface area contributed by atoms with Crippen LogP contribution in [0.4, 0.5) is 16.2 Å². The van der Waals surface area contributed by atoms with Gasteiger partial charge in [-0.15, -0.1) is 0 Å². The van der Waals surface area contributed by atoms with Gasteiger partial charge in [-0.2, -0.15) is 5.10 Å². The van der Waals surface area contributed by atoms with E-state index < -0.39 is 6.03 Å².